The van der Waals surface area contributed by atoms with Crippen molar-refractivity contribution in [3.05, 3.63) is 40.4 Å². The van der Waals surface area contributed by atoms with Crippen LogP contribution in [-0.4, -0.2) is 24.3 Å². The van der Waals surface area contributed by atoms with E-state index in [1.807, 2.05) is 19.1 Å². The number of nitrogens with zero attached hydrogens (tertiary/aromatic N) is 1. The summed E-state index contributed by atoms with van der Waals surface area (Å²) in [5, 5.41) is 0.741. The first kappa shape index (κ1) is 12.4. The summed E-state index contributed by atoms with van der Waals surface area (Å²) in [6, 6.07) is 7.06. The Bertz CT molecular complexity index is 587. The maximum absolute atomic E-state index is 11.5. The highest BCUT2D eigenvalue weighted by Crippen LogP contribution is 2.28. The highest BCUT2D eigenvalue weighted by molar-refractivity contribution is 7.15. The largest absolute Gasteiger partial charge is 0.464 e. The minimum atomic E-state index is -0.431. The van der Waals surface area contributed by atoms with Crippen LogP contribution in [0.15, 0.2) is 24.3 Å². The molecule has 1 aromatic carbocycles. The topological polar surface area (TPSA) is 56.3 Å². The van der Waals surface area contributed by atoms with Crippen molar-refractivity contribution in [1.82, 2.24) is 4.98 Å². The Balaban J connectivity index is 2.38. The van der Waals surface area contributed by atoms with Crippen LogP contribution in [0.1, 0.15) is 25.7 Å². The molecule has 2 rings (SSSR count). The summed E-state index contributed by atoms with van der Waals surface area (Å²) in [5.74, 6) is -0.431. The van der Waals surface area contributed by atoms with Crippen LogP contribution in [0.3, 0.4) is 0 Å². The zero-order valence-electron chi connectivity index (χ0n) is 9.97. The van der Waals surface area contributed by atoms with E-state index in [2.05, 4.69) is 9.72 Å². The molecule has 5 heteroatoms. The van der Waals surface area contributed by atoms with Crippen molar-refractivity contribution in [2.24, 2.45) is 0 Å². The summed E-state index contributed by atoms with van der Waals surface area (Å²) >= 11 is 1.42. The SMILES string of the molecule is COC(=O)c1nc(-c2ccc(C=O)cc2)sc1C. The summed E-state index contributed by atoms with van der Waals surface area (Å²) in [5.41, 5.74) is 1.83. The fraction of sp³-hybridized carbons (Fsp3) is 0.154. The van der Waals surface area contributed by atoms with Crippen LogP contribution in [0.2, 0.25) is 0 Å². The van der Waals surface area contributed by atoms with Crippen LogP contribution in [0, 0.1) is 6.92 Å². The highest BCUT2D eigenvalue weighted by Gasteiger charge is 2.16. The lowest BCUT2D eigenvalue weighted by molar-refractivity contribution is 0.0594. The van der Waals surface area contributed by atoms with Gasteiger partial charge in [0, 0.05) is 16.0 Å². The van der Waals surface area contributed by atoms with Crippen LogP contribution in [0.5, 0.6) is 0 Å². The molecule has 0 spiro atoms. The molecule has 0 saturated heterocycles. The van der Waals surface area contributed by atoms with Crippen molar-refractivity contribution < 1.29 is 14.3 Å². The molecular weight excluding hydrogens is 250 g/mol. The second-order valence-electron chi connectivity index (χ2n) is 3.66. The van der Waals surface area contributed by atoms with E-state index in [4.69, 9.17) is 0 Å². The molecule has 0 radical (unpaired) electrons. The van der Waals surface area contributed by atoms with Crippen molar-refractivity contribution in [2.75, 3.05) is 7.11 Å². The Hall–Kier alpha value is -2.01. The van der Waals surface area contributed by atoms with Crippen molar-refractivity contribution >= 4 is 23.6 Å². The molecule has 18 heavy (non-hydrogen) atoms. The van der Waals surface area contributed by atoms with Gasteiger partial charge in [0.25, 0.3) is 0 Å². The van der Waals surface area contributed by atoms with Crippen LogP contribution in [-0.2, 0) is 4.74 Å². The fourth-order valence-corrected chi connectivity index (χ4v) is 2.42. The first-order valence-corrected chi connectivity index (χ1v) is 6.08. The summed E-state index contributed by atoms with van der Waals surface area (Å²) in [7, 11) is 1.33. The van der Waals surface area contributed by atoms with Crippen LogP contribution < -0.4 is 0 Å². The predicted molar refractivity (Wildman–Crippen MR) is 69.0 cm³/mol. The number of ether oxygens (including phenoxy) is 1. The van der Waals surface area contributed by atoms with Gasteiger partial charge < -0.3 is 4.74 Å². The summed E-state index contributed by atoms with van der Waals surface area (Å²) in [4.78, 5) is 27.1. The molecule has 1 heterocycles. The molecule has 0 bridgehead atoms. The second-order valence-corrected chi connectivity index (χ2v) is 4.86. The first-order valence-electron chi connectivity index (χ1n) is 5.27. The van der Waals surface area contributed by atoms with Gasteiger partial charge in [-0.2, -0.15) is 0 Å². The molecule has 2 aromatic rings. The van der Waals surface area contributed by atoms with E-state index in [1.54, 1.807) is 12.1 Å². The van der Waals surface area contributed by atoms with Gasteiger partial charge in [-0.05, 0) is 6.92 Å². The Kier molecular flexibility index (Phi) is 3.53. The first-order chi connectivity index (χ1) is 8.65. The van der Waals surface area contributed by atoms with E-state index in [-0.39, 0.29) is 0 Å². The van der Waals surface area contributed by atoms with Gasteiger partial charge in [0.15, 0.2) is 5.69 Å². The lowest BCUT2D eigenvalue weighted by Gasteiger charge is -1.96. The molecule has 0 aliphatic heterocycles. The predicted octanol–water partition coefficient (Wildman–Crippen LogP) is 2.72. The summed E-state index contributed by atoms with van der Waals surface area (Å²) in [6.45, 7) is 1.83. The number of benzene rings is 1. The van der Waals surface area contributed by atoms with Crippen molar-refractivity contribution in [3.8, 4) is 10.6 Å². The number of methoxy groups -OCH3 is 1. The standard InChI is InChI=1S/C13H11NO3S/c1-8-11(13(16)17-2)14-12(18-8)10-5-3-9(7-15)4-6-10/h3-7H,1-2H3. The highest BCUT2D eigenvalue weighted by atomic mass is 32.1. The zero-order valence-corrected chi connectivity index (χ0v) is 10.8. The lowest BCUT2D eigenvalue weighted by atomic mass is 10.1. The van der Waals surface area contributed by atoms with E-state index >= 15 is 0 Å². The summed E-state index contributed by atoms with van der Waals surface area (Å²) in [6.07, 6.45) is 0.788. The number of aryl methyl sites for hydroxylation is 1. The van der Waals surface area contributed by atoms with Crippen molar-refractivity contribution in [1.29, 1.82) is 0 Å². The van der Waals surface area contributed by atoms with E-state index in [1.165, 1.54) is 18.4 Å². The van der Waals surface area contributed by atoms with Gasteiger partial charge >= 0.3 is 5.97 Å². The fourth-order valence-electron chi connectivity index (χ4n) is 1.51. The molecule has 1 aromatic heterocycles. The van der Waals surface area contributed by atoms with Gasteiger partial charge in [-0.15, -0.1) is 11.3 Å². The number of rotatable bonds is 3. The molecular formula is C13H11NO3S. The van der Waals surface area contributed by atoms with Crippen LogP contribution in [0.25, 0.3) is 10.6 Å². The number of carbonyl (C=O) groups excluding carboxylic acids is 2. The van der Waals surface area contributed by atoms with Crippen molar-refractivity contribution in [3.63, 3.8) is 0 Å². The molecule has 0 amide bonds. The normalized spacial score (nSPS) is 10.1. The molecule has 0 saturated carbocycles. The smallest absolute Gasteiger partial charge is 0.357 e. The molecule has 92 valence electrons. The number of hydrogen-bond acceptors (Lipinski definition) is 5. The minimum Gasteiger partial charge on any atom is -0.464 e. The zero-order chi connectivity index (χ0) is 13.1. The minimum absolute atomic E-state index is 0.344. The lowest BCUT2D eigenvalue weighted by Crippen LogP contribution is -2.03. The average Bonchev–Trinajstić information content (AvgIpc) is 2.80. The summed E-state index contributed by atoms with van der Waals surface area (Å²) < 4.78 is 4.66. The quantitative estimate of drug-likeness (QED) is 0.629. The van der Waals surface area contributed by atoms with E-state index in [9.17, 15) is 9.59 Å². The van der Waals surface area contributed by atoms with Crippen LogP contribution in [0.4, 0.5) is 0 Å². The van der Waals surface area contributed by atoms with Gasteiger partial charge in [-0.1, -0.05) is 24.3 Å². The monoisotopic (exact) mass is 261 g/mol. The molecule has 0 fully saturated rings. The van der Waals surface area contributed by atoms with Gasteiger partial charge in [0.2, 0.25) is 0 Å². The maximum Gasteiger partial charge on any atom is 0.357 e. The molecule has 0 N–H and O–H groups in total. The van der Waals surface area contributed by atoms with E-state index in [0.717, 1.165) is 21.7 Å². The van der Waals surface area contributed by atoms with Crippen LogP contribution >= 0.6 is 11.3 Å². The third-order valence-electron chi connectivity index (χ3n) is 2.47. The van der Waals surface area contributed by atoms with Gasteiger partial charge in [0.1, 0.15) is 11.3 Å². The molecule has 0 unspecified atom stereocenters. The Morgan fingerprint density at radius 2 is 2.00 bits per heavy atom. The van der Waals surface area contributed by atoms with Gasteiger partial charge in [-0.25, -0.2) is 9.78 Å². The Labute approximate surface area is 108 Å². The Morgan fingerprint density at radius 3 is 2.56 bits per heavy atom. The number of hydrogen-bond donors (Lipinski definition) is 0. The molecule has 0 aliphatic carbocycles. The Morgan fingerprint density at radius 1 is 1.33 bits per heavy atom. The maximum atomic E-state index is 11.5. The number of aldehydes is 1. The van der Waals surface area contributed by atoms with Crippen molar-refractivity contribution in [2.45, 2.75) is 6.92 Å². The number of thiazole rings is 1. The van der Waals surface area contributed by atoms with E-state index in [0.29, 0.717) is 11.3 Å². The van der Waals surface area contributed by atoms with Gasteiger partial charge in [0.05, 0.1) is 7.11 Å². The van der Waals surface area contributed by atoms with Gasteiger partial charge in [-0.3, -0.25) is 4.79 Å². The molecule has 0 aliphatic rings. The number of aromatic nitrogens is 1. The third kappa shape index (κ3) is 2.31. The number of carbonyl (C=O) groups is 2. The average molecular weight is 261 g/mol. The molecule has 0 atom stereocenters. The second kappa shape index (κ2) is 5.10. The van der Waals surface area contributed by atoms with E-state index < -0.39 is 5.97 Å². The number of esters is 1. The molecule has 4 nitrogen and oxygen atoms in total. The third-order valence-corrected chi connectivity index (χ3v) is 3.49.